The molecule has 5 aliphatic carbocycles. The summed E-state index contributed by atoms with van der Waals surface area (Å²) in [5.41, 5.74) is -2.37. The maximum Gasteiger partial charge on any atom is 0.186 e. The van der Waals surface area contributed by atoms with Crippen molar-refractivity contribution < 1.29 is 64.9 Å². The molecule has 0 radical (unpaired) electrons. The zero-order valence-corrected chi connectivity index (χ0v) is 32.7. The van der Waals surface area contributed by atoms with Gasteiger partial charge in [-0.2, -0.15) is 0 Å². The van der Waals surface area contributed by atoms with Gasteiger partial charge in [0.05, 0.1) is 43.2 Å². The van der Waals surface area contributed by atoms with Crippen LogP contribution >= 0.6 is 0 Å². The molecule has 0 bridgehead atoms. The molecule has 13 nitrogen and oxygen atoms in total. The molecule has 2 spiro atoms. The molecule has 13 heteroatoms. The number of aliphatic hydroxyl groups is 9. The van der Waals surface area contributed by atoms with Gasteiger partial charge < -0.3 is 64.9 Å². The molecule has 0 aromatic rings. The zero-order chi connectivity index (χ0) is 38.8. The molecule has 2 saturated heterocycles. The van der Waals surface area contributed by atoms with Crippen LogP contribution in [0.5, 0.6) is 0 Å². The van der Waals surface area contributed by atoms with E-state index in [1.165, 1.54) is 0 Å². The van der Waals surface area contributed by atoms with E-state index in [4.69, 9.17) is 18.9 Å². The molecule has 0 amide bonds. The highest BCUT2D eigenvalue weighted by Gasteiger charge is 2.84. The lowest BCUT2D eigenvalue weighted by molar-refractivity contribution is -0.326. The van der Waals surface area contributed by atoms with Gasteiger partial charge in [0.1, 0.15) is 36.6 Å². The maximum absolute atomic E-state index is 12.0. The Morgan fingerprint density at radius 3 is 1.91 bits per heavy atom. The van der Waals surface area contributed by atoms with Crippen LogP contribution in [0.4, 0.5) is 0 Å². The Kier molecular flexibility index (Phi) is 10.4. The normalized spacial score (nSPS) is 54.6. The van der Waals surface area contributed by atoms with Crippen molar-refractivity contribution in [3.63, 3.8) is 0 Å². The second kappa shape index (κ2) is 13.5. The number of fused-ring (bicyclic) bond motifs is 2. The van der Waals surface area contributed by atoms with Crippen molar-refractivity contribution in [3.8, 4) is 0 Å². The van der Waals surface area contributed by atoms with Crippen molar-refractivity contribution in [2.45, 2.75) is 185 Å². The summed E-state index contributed by atoms with van der Waals surface area (Å²) in [5, 5.41) is 96.3. The first-order valence-corrected chi connectivity index (χ1v) is 20.3. The van der Waals surface area contributed by atoms with Crippen LogP contribution in [0.3, 0.4) is 0 Å². The fraction of sp³-hybridized carbons (Fsp3) is 1.00. The SMILES string of the molecule is C[C@H](CC[C@H](O)C(C)(C)O)[C@H]1[C@@H](O)C[C@@]2(C)[C@@H]3C[C@H](O[C@@H]4OC[C@@H](O)[C@H](O)[C@H]4O)[C@H]4C(C)(C)[C@@H](O[C@@H]5OC[C@@H](O)[C@H](O)[C@H]5O)CC[C@@]45C[C@@]35CC[C@]12C. The molecule has 0 aromatic carbocycles. The van der Waals surface area contributed by atoms with Gasteiger partial charge in [0.2, 0.25) is 0 Å². The van der Waals surface area contributed by atoms with Gasteiger partial charge in [-0.05, 0) is 122 Å². The molecule has 2 aliphatic heterocycles. The standard InChI is InChI=1S/C40H68O13/c1-19(8-9-25(44)36(4,5)49)27-20(41)15-38(7)24-14-23(52-33-30(47)28(45)21(42)16-50-33)32-35(2,3)26(53-34-31(48)29(46)22(43)17-51-34)10-11-40(32)18-39(24,40)13-12-37(27,38)6/h19-34,41-49H,8-18H2,1-7H3/t19-,20+,21-,22-,23+,24+,25+,26+,27+,28+,29+,30-,31-,32+,33+,34+,37-,38+,39+,40-/m1/s1. The Hall–Kier alpha value is -0.520. The van der Waals surface area contributed by atoms with E-state index in [9.17, 15) is 46.0 Å². The van der Waals surface area contributed by atoms with Crippen LogP contribution < -0.4 is 0 Å². The zero-order valence-electron chi connectivity index (χ0n) is 32.7. The van der Waals surface area contributed by atoms with E-state index >= 15 is 0 Å². The van der Waals surface area contributed by atoms with Crippen molar-refractivity contribution in [3.05, 3.63) is 0 Å². The highest BCUT2D eigenvalue weighted by Crippen LogP contribution is 2.89. The summed E-state index contributed by atoms with van der Waals surface area (Å²) in [4.78, 5) is 0. The highest BCUT2D eigenvalue weighted by atomic mass is 16.7. The number of aliphatic hydroxyl groups excluding tert-OH is 8. The predicted octanol–water partition coefficient (Wildman–Crippen LogP) is 1.20. The Balaban J connectivity index is 1.20. The minimum Gasteiger partial charge on any atom is -0.393 e. The highest BCUT2D eigenvalue weighted by molar-refractivity contribution is 5.32. The largest absolute Gasteiger partial charge is 0.393 e. The van der Waals surface area contributed by atoms with Gasteiger partial charge in [-0.3, -0.25) is 0 Å². The summed E-state index contributed by atoms with van der Waals surface area (Å²) in [6, 6.07) is 0. The monoisotopic (exact) mass is 756 g/mol. The van der Waals surface area contributed by atoms with E-state index in [1.807, 2.05) is 0 Å². The molecule has 7 aliphatic rings. The van der Waals surface area contributed by atoms with Gasteiger partial charge in [-0.25, -0.2) is 0 Å². The van der Waals surface area contributed by atoms with Crippen molar-refractivity contribution >= 4 is 0 Å². The van der Waals surface area contributed by atoms with Crippen LogP contribution in [0.2, 0.25) is 0 Å². The van der Waals surface area contributed by atoms with Crippen LogP contribution in [-0.2, 0) is 18.9 Å². The first-order chi connectivity index (χ1) is 24.6. The lowest BCUT2D eigenvalue weighted by atomic mass is 9.41. The third-order valence-corrected chi connectivity index (χ3v) is 16.9. The lowest BCUT2D eigenvalue weighted by Gasteiger charge is -2.65. The average Bonchev–Trinajstić information content (AvgIpc) is 3.67. The third-order valence-electron chi connectivity index (χ3n) is 16.9. The van der Waals surface area contributed by atoms with Crippen molar-refractivity contribution in [1.29, 1.82) is 0 Å². The second-order valence-electron chi connectivity index (χ2n) is 20.3. The molecule has 306 valence electrons. The van der Waals surface area contributed by atoms with Gasteiger partial charge in [0, 0.05) is 0 Å². The molecule has 2 heterocycles. The Morgan fingerprint density at radius 2 is 1.32 bits per heavy atom. The molecular formula is C40H68O13. The van der Waals surface area contributed by atoms with E-state index in [0.717, 1.165) is 25.7 Å². The number of ether oxygens (including phenoxy) is 4. The quantitative estimate of drug-likeness (QED) is 0.151. The summed E-state index contributed by atoms with van der Waals surface area (Å²) in [7, 11) is 0. The van der Waals surface area contributed by atoms with Gasteiger partial charge in [-0.1, -0.05) is 34.6 Å². The van der Waals surface area contributed by atoms with Crippen molar-refractivity contribution in [1.82, 2.24) is 0 Å². The minimum absolute atomic E-state index is 0.00199. The average molecular weight is 757 g/mol. The first-order valence-electron chi connectivity index (χ1n) is 20.3. The Morgan fingerprint density at radius 1 is 0.736 bits per heavy atom. The molecule has 20 atom stereocenters. The van der Waals surface area contributed by atoms with Crippen LogP contribution in [0, 0.1) is 50.7 Å². The topological polar surface area (TPSA) is 219 Å². The predicted molar refractivity (Wildman–Crippen MR) is 190 cm³/mol. The Labute approximate surface area is 314 Å². The smallest absolute Gasteiger partial charge is 0.186 e. The molecule has 5 saturated carbocycles. The summed E-state index contributed by atoms with van der Waals surface area (Å²) in [6.07, 6.45) is -5.79. The molecular weight excluding hydrogens is 688 g/mol. The van der Waals surface area contributed by atoms with E-state index in [-0.39, 0.29) is 58.5 Å². The minimum atomic E-state index is -1.46. The number of hydrogen-bond acceptors (Lipinski definition) is 13. The first kappa shape index (κ1) is 40.7. The van der Waals surface area contributed by atoms with Gasteiger partial charge >= 0.3 is 0 Å². The summed E-state index contributed by atoms with van der Waals surface area (Å²) >= 11 is 0. The van der Waals surface area contributed by atoms with E-state index in [2.05, 4.69) is 34.6 Å². The molecule has 9 N–H and O–H groups in total. The van der Waals surface area contributed by atoms with Crippen molar-refractivity contribution in [2.75, 3.05) is 13.2 Å². The summed E-state index contributed by atoms with van der Waals surface area (Å²) in [6.45, 7) is 14.1. The van der Waals surface area contributed by atoms with Crippen LogP contribution in [0.15, 0.2) is 0 Å². The second-order valence-corrected chi connectivity index (χ2v) is 20.3. The van der Waals surface area contributed by atoms with Gasteiger partial charge in [0.15, 0.2) is 12.6 Å². The Bertz CT molecular complexity index is 1340. The number of rotatable bonds is 9. The van der Waals surface area contributed by atoms with Crippen LogP contribution in [0.25, 0.3) is 0 Å². The fourth-order valence-electron chi connectivity index (χ4n) is 13.9. The molecule has 7 rings (SSSR count). The number of hydrogen-bond donors (Lipinski definition) is 9. The maximum atomic E-state index is 12.0. The lowest BCUT2D eigenvalue weighted by Crippen LogP contribution is -2.64. The molecule has 53 heavy (non-hydrogen) atoms. The van der Waals surface area contributed by atoms with Crippen LogP contribution in [-0.4, -0.2) is 138 Å². The summed E-state index contributed by atoms with van der Waals surface area (Å²) < 4.78 is 24.9. The van der Waals surface area contributed by atoms with E-state index in [1.54, 1.807) is 13.8 Å². The molecule has 7 fully saturated rings. The van der Waals surface area contributed by atoms with E-state index < -0.39 is 84.6 Å². The molecule has 0 unspecified atom stereocenters. The molecule has 0 aromatic heterocycles. The third kappa shape index (κ3) is 6.04. The fourth-order valence-corrected chi connectivity index (χ4v) is 13.9. The van der Waals surface area contributed by atoms with Crippen LogP contribution in [0.1, 0.15) is 106 Å². The van der Waals surface area contributed by atoms with Crippen molar-refractivity contribution in [2.24, 2.45) is 50.7 Å². The van der Waals surface area contributed by atoms with Gasteiger partial charge in [0.25, 0.3) is 0 Å². The van der Waals surface area contributed by atoms with E-state index in [0.29, 0.717) is 32.1 Å². The summed E-state index contributed by atoms with van der Waals surface area (Å²) in [5.74, 6) is 0.204. The van der Waals surface area contributed by atoms with Gasteiger partial charge in [-0.15, -0.1) is 0 Å².